The molecule has 0 aliphatic heterocycles. The highest BCUT2D eigenvalue weighted by Gasteiger charge is 2.13. The summed E-state index contributed by atoms with van der Waals surface area (Å²) in [5.74, 6) is 0.167. The Bertz CT molecular complexity index is 892. The van der Waals surface area contributed by atoms with Crippen LogP contribution in [-0.2, 0) is 0 Å². The van der Waals surface area contributed by atoms with Crippen molar-refractivity contribution in [2.45, 2.75) is 20.8 Å². The predicted molar refractivity (Wildman–Crippen MR) is 94.6 cm³/mol. The lowest BCUT2D eigenvalue weighted by Gasteiger charge is -2.18. The Hall–Kier alpha value is -2.89. The Labute approximate surface area is 140 Å². The fourth-order valence-corrected chi connectivity index (χ4v) is 2.36. The van der Waals surface area contributed by atoms with Crippen molar-refractivity contribution in [1.29, 1.82) is 0 Å². The van der Waals surface area contributed by atoms with Gasteiger partial charge in [0.2, 0.25) is 5.95 Å². The van der Waals surface area contributed by atoms with E-state index >= 15 is 0 Å². The summed E-state index contributed by atoms with van der Waals surface area (Å²) in [6, 6.07) is 11.3. The zero-order chi connectivity index (χ0) is 17.3. The van der Waals surface area contributed by atoms with Gasteiger partial charge in [-0.3, -0.25) is 4.79 Å². The van der Waals surface area contributed by atoms with Gasteiger partial charge < -0.3 is 11.1 Å². The van der Waals surface area contributed by atoms with Crippen LogP contribution in [0.2, 0.25) is 0 Å². The number of nitrogens with zero attached hydrogens (tertiary/aromatic N) is 3. The third-order valence-electron chi connectivity index (χ3n) is 3.58. The first-order valence-electron chi connectivity index (χ1n) is 7.82. The Morgan fingerprint density at radius 2 is 2.00 bits per heavy atom. The molecule has 0 saturated heterocycles. The largest absolute Gasteiger partial charge is 0.366 e. The van der Waals surface area contributed by atoms with Gasteiger partial charge in [0.25, 0.3) is 5.91 Å². The summed E-state index contributed by atoms with van der Waals surface area (Å²) >= 11 is 0. The third kappa shape index (κ3) is 3.53. The number of anilines is 1. The summed E-state index contributed by atoms with van der Waals surface area (Å²) in [6.07, 6.45) is 1.85. The number of nitrogen functional groups attached to an aromatic ring is 1. The predicted octanol–water partition coefficient (Wildman–Crippen LogP) is 2.75. The van der Waals surface area contributed by atoms with Gasteiger partial charge in [0.05, 0.1) is 0 Å². The molecular formula is C18H21N5O. The highest BCUT2D eigenvalue weighted by Crippen LogP contribution is 2.21. The number of hydrogen-bond donors (Lipinski definition) is 2. The highest BCUT2D eigenvalue weighted by molar-refractivity contribution is 5.95. The van der Waals surface area contributed by atoms with E-state index in [1.165, 1.54) is 0 Å². The number of aromatic nitrogens is 3. The zero-order valence-electron chi connectivity index (χ0n) is 14.1. The molecule has 0 fully saturated rings. The molecule has 124 valence electrons. The highest BCUT2D eigenvalue weighted by atomic mass is 16.1. The first kappa shape index (κ1) is 16.0. The van der Waals surface area contributed by atoms with Gasteiger partial charge in [0, 0.05) is 23.9 Å². The van der Waals surface area contributed by atoms with E-state index in [4.69, 9.17) is 5.73 Å². The van der Waals surface area contributed by atoms with E-state index in [0.29, 0.717) is 17.8 Å². The van der Waals surface area contributed by atoms with Gasteiger partial charge in [-0.05, 0) is 35.2 Å². The number of fused-ring (bicyclic) bond motifs is 1. The molecule has 0 aliphatic rings. The Kier molecular flexibility index (Phi) is 3.97. The van der Waals surface area contributed by atoms with E-state index in [1.54, 1.807) is 4.52 Å². The molecule has 0 aliphatic carbocycles. The van der Waals surface area contributed by atoms with Crippen molar-refractivity contribution >= 4 is 17.5 Å². The number of nitrogens with two attached hydrogens (primary N) is 1. The number of amides is 1. The minimum Gasteiger partial charge on any atom is -0.366 e. The van der Waals surface area contributed by atoms with E-state index < -0.39 is 0 Å². The van der Waals surface area contributed by atoms with Gasteiger partial charge in [0.15, 0.2) is 5.65 Å². The number of carbonyl (C=O) groups is 1. The van der Waals surface area contributed by atoms with Crippen molar-refractivity contribution in [3.05, 3.63) is 48.2 Å². The Balaban J connectivity index is 1.87. The van der Waals surface area contributed by atoms with E-state index in [0.717, 1.165) is 11.1 Å². The fourth-order valence-electron chi connectivity index (χ4n) is 2.36. The number of carbonyl (C=O) groups excluding carboxylic acids is 1. The van der Waals surface area contributed by atoms with Crippen LogP contribution in [0, 0.1) is 5.41 Å². The second-order valence-corrected chi connectivity index (χ2v) is 7.01. The van der Waals surface area contributed by atoms with Crippen LogP contribution in [0.1, 0.15) is 31.1 Å². The maximum Gasteiger partial charge on any atom is 0.251 e. The summed E-state index contributed by atoms with van der Waals surface area (Å²) in [5, 5.41) is 7.08. The van der Waals surface area contributed by atoms with Gasteiger partial charge in [-0.15, -0.1) is 5.10 Å². The molecule has 0 bridgehead atoms. The monoisotopic (exact) mass is 323 g/mol. The maximum atomic E-state index is 12.3. The number of rotatable bonds is 3. The molecule has 2 heterocycles. The lowest BCUT2D eigenvalue weighted by Crippen LogP contribution is -2.32. The summed E-state index contributed by atoms with van der Waals surface area (Å²) in [4.78, 5) is 16.4. The molecule has 0 atom stereocenters. The summed E-state index contributed by atoms with van der Waals surface area (Å²) in [7, 11) is 0. The van der Waals surface area contributed by atoms with E-state index in [2.05, 4.69) is 36.2 Å². The van der Waals surface area contributed by atoms with E-state index in [9.17, 15) is 4.79 Å². The van der Waals surface area contributed by atoms with E-state index in [1.807, 2.05) is 42.6 Å². The van der Waals surface area contributed by atoms with Gasteiger partial charge in [-0.1, -0.05) is 32.9 Å². The number of nitrogens with one attached hydrogen (secondary N) is 1. The van der Waals surface area contributed by atoms with Crippen LogP contribution in [0.4, 0.5) is 5.95 Å². The van der Waals surface area contributed by atoms with Crippen molar-refractivity contribution in [1.82, 2.24) is 19.9 Å². The molecule has 0 spiro atoms. The fraction of sp³-hybridized carbons (Fsp3) is 0.278. The molecule has 6 nitrogen and oxygen atoms in total. The van der Waals surface area contributed by atoms with Crippen molar-refractivity contribution in [3.63, 3.8) is 0 Å². The van der Waals surface area contributed by atoms with Crippen molar-refractivity contribution in [2.75, 3.05) is 12.3 Å². The number of hydrogen-bond acceptors (Lipinski definition) is 4. The minimum absolute atomic E-state index is 0.0470. The molecule has 0 radical (unpaired) electrons. The van der Waals surface area contributed by atoms with Crippen molar-refractivity contribution < 1.29 is 4.79 Å². The number of pyridine rings is 1. The first-order chi connectivity index (χ1) is 11.3. The molecule has 1 amide bonds. The van der Waals surface area contributed by atoms with Crippen LogP contribution in [-0.4, -0.2) is 27.0 Å². The van der Waals surface area contributed by atoms with Crippen LogP contribution in [0.5, 0.6) is 0 Å². The first-order valence-corrected chi connectivity index (χ1v) is 7.82. The minimum atomic E-state index is -0.0714. The molecule has 6 heteroatoms. The van der Waals surface area contributed by atoms with Crippen LogP contribution in [0.15, 0.2) is 42.6 Å². The lowest BCUT2D eigenvalue weighted by atomic mass is 9.96. The van der Waals surface area contributed by atoms with Crippen LogP contribution in [0.3, 0.4) is 0 Å². The van der Waals surface area contributed by atoms with Crippen molar-refractivity contribution in [2.24, 2.45) is 5.41 Å². The molecule has 0 unspecified atom stereocenters. The standard InChI is InChI=1S/C18H21N5O/c1-18(2,3)11-20-16(24)13-6-4-5-12(9-13)14-7-8-15-21-17(19)22-23(15)10-14/h4-10H,11H2,1-3H3,(H2,19,22)(H,20,24). The molecule has 24 heavy (non-hydrogen) atoms. The lowest BCUT2D eigenvalue weighted by molar-refractivity contribution is 0.0939. The summed E-state index contributed by atoms with van der Waals surface area (Å²) < 4.78 is 1.64. The second-order valence-electron chi connectivity index (χ2n) is 7.01. The average molecular weight is 323 g/mol. The van der Waals surface area contributed by atoms with Crippen LogP contribution in [0.25, 0.3) is 16.8 Å². The van der Waals surface area contributed by atoms with Gasteiger partial charge in [0.1, 0.15) is 0 Å². The van der Waals surface area contributed by atoms with Crippen molar-refractivity contribution in [3.8, 4) is 11.1 Å². The van der Waals surface area contributed by atoms with Gasteiger partial charge >= 0.3 is 0 Å². The molecule has 3 rings (SSSR count). The Morgan fingerprint density at radius 3 is 2.75 bits per heavy atom. The SMILES string of the molecule is CC(C)(C)CNC(=O)c1cccc(-c2ccc3nc(N)nn3c2)c1. The summed E-state index contributed by atoms with van der Waals surface area (Å²) in [6.45, 7) is 6.88. The second kappa shape index (κ2) is 5.96. The topological polar surface area (TPSA) is 85.3 Å². The molecule has 2 aromatic heterocycles. The molecule has 1 aromatic carbocycles. The number of benzene rings is 1. The Morgan fingerprint density at radius 1 is 1.21 bits per heavy atom. The average Bonchev–Trinajstić information content (AvgIpc) is 2.91. The van der Waals surface area contributed by atoms with Gasteiger partial charge in [-0.2, -0.15) is 4.98 Å². The van der Waals surface area contributed by atoms with Gasteiger partial charge in [-0.25, -0.2) is 4.52 Å². The molecule has 0 saturated carbocycles. The molecule has 3 N–H and O–H groups in total. The smallest absolute Gasteiger partial charge is 0.251 e. The normalized spacial score (nSPS) is 11.6. The third-order valence-corrected chi connectivity index (χ3v) is 3.58. The quantitative estimate of drug-likeness (QED) is 0.776. The van der Waals surface area contributed by atoms with Crippen LogP contribution < -0.4 is 11.1 Å². The van der Waals surface area contributed by atoms with Crippen LogP contribution >= 0.6 is 0 Å². The molecular weight excluding hydrogens is 302 g/mol. The maximum absolute atomic E-state index is 12.3. The molecule has 3 aromatic rings. The zero-order valence-corrected chi connectivity index (χ0v) is 14.1. The summed E-state index contributed by atoms with van der Waals surface area (Å²) in [5.41, 5.74) is 8.87. The van der Waals surface area contributed by atoms with E-state index in [-0.39, 0.29) is 17.3 Å².